The lowest BCUT2D eigenvalue weighted by Gasteiger charge is -2.34. The average Bonchev–Trinajstić information content (AvgIpc) is 3.22. The molecule has 30 heavy (non-hydrogen) atoms. The second-order valence-corrected chi connectivity index (χ2v) is 8.44. The molecule has 1 aliphatic heterocycles. The molecular weight excluding hydrogens is 375 g/mol. The highest BCUT2D eigenvalue weighted by Crippen LogP contribution is 2.19. The summed E-state index contributed by atoms with van der Waals surface area (Å²) in [5.74, 6) is 1.50. The van der Waals surface area contributed by atoms with Crippen LogP contribution >= 0.6 is 0 Å². The zero-order valence-electron chi connectivity index (χ0n) is 17.8. The highest BCUT2D eigenvalue weighted by Gasteiger charge is 2.21. The van der Waals surface area contributed by atoms with E-state index >= 15 is 0 Å². The quantitative estimate of drug-likeness (QED) is 0.554. The Morgan fingerprint density at radius 1 is 1.10 bits per heavy atom. The summed E-state index contributed by atoms with van der Waals surface area (Å²) in [4.78, 5) is 9.49. The normalized spacial score (nSPS) is 17.5. The van der Waals surface area contributed by atoms with Gasteiger partial charge in [-0.15, -0.1) is 0 Å². The number of nitrogens with zero attached hydrogens (tertiary/aromatic N) is 4. The minimum absolute atomic E-state index is 0.158. The molecule has 4 nitrogen and oxygen atoms in total. The van der Waals surface area contributed by atoms with Crippen molar-refractivity contribution in [3.63, 3.8) is 0 Å². The molecule has 0 bridgehead atoms. The van der Waals surface area contributed by atoms with Crippen molar-refractivity contribution in [3.8, 4) is 5.82 Å². The molecule has 3 aromatic rings. The second kappa shape index (κ2) is 10.0. The van der Waals surface area contributed by atoms with Crippen molar-refractivity contribution in [1.29, 1.82) is 0 Å². The predicted octanol–water partition coefficient (Wildman–Crippen LogP) is 4.40. The van der Waals surface area contributed by atoms with Crippen molar-refractivity contribution in [2.75, 3.05) is 33.2 Å². The lowest BCUT2D eigenvalue weighted by molar-refractivity contribution is 0.141. The van der Waals surface area contributed by atoms with Gasteiger partial charge in [-0.2, -0.15) is 0 Å². The zero-order chi connectivity index (χ0) is 20.8. The molecule has 4 rings (SSSR count). The number of benzene rings is 1. The summed E-state index contributed by atoms with van der Waals surface area (Å²) >= 11 is 0. The summed E-state index contributed by atoms with van der Waals surface area (Å²) in [6.07, 6.45) is 7.46. The van der Waals surface area contributed by atoms with E-state index in [2.05, 4.69) is 44.7 Å². The van der Waals surface area contributed by atoms with Crippen molar-refractivity contribution in [2.45, 2.75) is 25.8 Å². The molecule has 5 heteroatoms. The van der Waals surface area contributed by atoms with Crippen LogP contribution in [0.2, 0.25) is 0 Å². The first-order chi connectivity index (χ1) is 14.7. The maximum atomic E-state index is 13.1. The first-order valence-corrected chi connectivity index (χ1v) is 10.9. The Morgan fingerprint density at radius 2 is 1.97 bits per heavy atom. The highest BCUT2D eigenvalue weighted by atomic mass is 19.1. The number of piperidine rings is 1. The third-order valence-corrected chi connectivity index (χ3v) is 5.96. The van der Waals surface area contributed by atoms with E-state index in [0.29, 0.717) is 5.92 Å². The lowest BCUT2D eigenvalue weighted by Crippen LogP contribution is -2.40. The van der Waals surface area contributed by atoms with Gasteiger partial charge in [0, 0.05) is 44.3 Å². The van der Waals surface area contributed by atoms with Gasteiger partial charge in [0.1, 0.15) is 11.6 Å². The Labute approximate surface area is 179 Å². The monoisotopic (exact) mass is 406 g/mol. The minimum Gasteiger partial charge on any atom is -0.304 e. The number of hydrogen-bond acceptors (Lipinski definition) is 3. The molecule has 0 spiro atoms. The van der Waals surface area contributed by atoms with Crippen LogP contribution in [0.5, 0.6) is 0 Å². The summed E-state index contributed by atoms with van der Waals surface area (Å²) in [7, 11) is 2.22. The van der Waals surface area contributed by atoms with E-state index in [9.17, 15) is 4.39 Å². The summed E-state index contributed by atoms with van der Waals surface area (Å²) in [6, 6.07) is 17.2. The first kappa shape index (κ1) is 20.8. The van der Waals surface area contributed by atoms with Gasteiger partial charge in [0.25, 0.3) is 0 Å². The van der Waals surface area contributed by atoms with Crippen molar-refractivity contribution >= 4 is 0 Å². The molecule has 0 aliphatic carbocycles. The van der Waals surface area contributed by atoms with E-state index in [1.54, 1.807) is 12.1 Å². The third kappa shape index (κ3) is 5.55. The van der Waals surface area contributed by atoms with Crippen molar-refractivity contribution in [1.82, 2.24) is 19.4 Å². The van der Waals surface area contributed by atoms with Crippen LogP contribution in [-0.4, -0.2) is 52.6 Å². The number of pyridine rings is 1. The van der Waals surface area contributed by atoms with Gasteiger partial charge in [0.15, 0.2) is 0 Å². The smallest absolute Gasteiger partial charge is 0.136 e. The second-order valence-electron chi connectivity index (χ2n) is 8.44. The molecule has 1 aromatic carbocycles. The van der Waals surface area contributed by atoms with E-state index in [0.717, 1.165) is 38.4 Å². The summed E-state index contributed by atoms with van der Waals surface area (Å²) < 4.78 is 15.3. The lowest BCUT2D eigenvalue weighted by atomic mass is 9.97. The van der Waals surface area contributed by atoms with Gasteiger partial charge >= 0.3 is 0 Å². The van der Waals surface area contributed by atoms with E-state index in [4.69, 9.17) is 0 Å². The van der Waals surface area contributed by atoms with E-state index in [-0.39, 0.29) is 5.82 Å². The standard InChI is InChI=1S/C25H31FN4/c1-28(20-24-7-5-16-30(24)25-8-2-3-14-27-25)18-22-6-4-15-29(19-22)17-13-21-9-11-23(26)12-10-21/h2-3,5,7-12,14,16,22H,4,6,13,15,17-20H2,1H3/t22-/m1/s1. The third-order valence-electron chi connectivity index (χ3n) is 5.96. The fraction of sp³-hybridized carbons (Fsp3) is 0.400. The molecule has 0 N–H and O–H groups in total. The van der Waals surface area contributed by atoms with Crippen LogP contribution in [-0.2, 0) is 13.0 Å². The van der Waals surface area contributed by atoms with E-state index in [1.165, 1.54) is 30.6 Å². The average molecular weight is 407 g/mol. The number of likely N-dealkylation sites (tertiary alicyclic amines) is 1. The zero-order valence-corrected chi connectivity index (χ0v) is 17.8. The van der Waals surface area contributed by atoms with Crippen LogP contribution in [0.3, 0.4) is 0 Å². The molecule has 0 amide bonds. The molecule has 0 saturated carbocycles. The molecular formula is C25H31FN4. The fourth-order valence-corrected chi connectivity index (χ4v) is 4.49. The van der Waals surface area contributed by atoms with E-state index in [1.807, 2.05) is 36.5 Å². The van der Waals surface area contributed by atoms with Gasteiger partial charge in [-0.3, -0.25) is 0 Å². The Balaban J connectivity index is 1.28. The number of aromatic nitrogens is 2. The van der Waals surface area contributed by atoms with Gasteiger partial charge in [0.05, 0.1) is 0 Å². The highest BCUT2D eigenvalue weighted by molar-refractivity contribution is 5.27. The van der Waals surface area contributed by atoms with Crippen molar-refractivity contribution in [2.24, 2.45) is 5.92 Å². The van der Waals surface area contributed by atoms with Crippen molar-refractivity contribution in [3.05, 3.63) is 84.1 Å². The van der Waals surface area contributed by atoms with Gasteiger partial charge in [-0.25, -0.2) is 9.37 Å². The van der Waals surface area contributed by atoms with Gasteiger partial charge in [-0.1, -0.05) is 18.2 Å². The largest absolute Gasteiger partial charge is 0.304 e. The van der Waals surface area contributed by atoms with Crippen LogP contribution < -0.4 is 0 Å². The predicted molar refractivity (Wildman–Crippen MR) is 119 cm³/mol. The van der Waals surface area contributed by atoms with Crippen LogP contribution in [0.1, 0.15) is 24.1 Å². The molecule has 2 aromatic heterocycles. The maximum absolute atomic E-state index is 13.1. The van der Waals surface area contributed by atoms with Crippen LogP contribution in [0, 0.1) is 11.7 Å². The Morgan fingerprint density at radius 3 is 2.77 bits per heavy atom. The number of halogens is 1. The minimum atomic E-state index is -0.158. The molecule has 0 radical (unpaired) electrons. The van der Waals surface area contributed by atoms with Crippen LogP contribution in [0.4, 0.5) is 4.39 Å². The first-order valence-electron chi connectivity index (χ1n) is 10.9. The maximum Gasteiger partial charge on any atom is 0.136 e. The topological polar surface area (TPSA) is 24.3 Å². The molecule has 1 saturated heterocycles. The number of rotatable bonds is 8. The Kier molecular flexibility index (Phi) is 6.92. The Hall–Kier alpha value is -2.50. The summed E-state index contributed by atoms with van der Waals surface area (Å²) in [6.45, 7) is 5.38. The van der Waals surface area contributed by atoms with E-state index < -0.39 is 0 Å². The summed E-state index contributed by atoms with van der Waals surface area (Å²) in [5.41, 5.74) is 2.48. The van der Waals surface area contributed by atoms with Crippen LogP contribution in [0.25, 0.3) is 5.82 Å². The van der Waals surface area contributed by atoms with Gasteiger partial charge in [0.2, 0.25) is 0 Å². The molecule has 3 heterocycles. The molecule has 1 fully saturated rings. The van der Waals surface area contributed by atoms with Crippen molar-refractivity contribution < 1.29 is 4.39 Å². The Bertz CT molecular complexity index is 906. The molecule has 1 atom stereocenters. The SMILES string of the molecule is CN(Cc1cccn1-c1ccccn1)C[C@H]1CCCN(CCc2ccc(F)cc2)C1. The molecule has 1 aliphatic rings. The van der Waals surface area contributed by atoms with Gasteiger partial charge in [-0.05, 0) is 80.7 Å². The fourth-order valence-electron chi connectivity index (χ4n) is 4.49. The number of hydrogen-bond donors (Lipinski definition) is 0. The van der Waals surface area contributed by atoms with Crippen LogP contribution in [0.15, 0.2) is 67.0 Å². The molecule has 158 valence electrons. The molecule has 0 unspecified atom stereocenters. The van der Waals surface area contributed by atoms with Gasteiger partial charge < -0.3 is 14.4 Å². The summed E-state index contributed by atoms with van der Waals surface area (Å²) in [5, 5.41) is 0.